The van der Waals surface area contributed by atoms with Crippen LogP contribution in [0.15, 0.2) is 200 Å². The van der Waals surface area contributed by atoms with Crippen LogP contribution >= 0.6 is 0 Å². The Hall–Kier alpha value is -7.93. The molecule has 0 amide bonds. The molecule has 0 aliphatic heterocycles. The first-order valence-corrected chi connectivity index (χ1v) is 23.0. The highest BCUT2D eigenvalue weighted by Gasteiger charge is 2.24. The van der Waals surface area contributed by atoms with Crippen molar-refractivity contribution < 1.29 is 0 Å². The van der Waals surface area contributed by atoms with E-state index >= 15 is 0 Å². The molecular weight excluding hydrogens is 799 g/mol. The first-order valence-electron chi connectivity index (χ1n) is 23.0. The summed E-state index contributed by atoms with van der Waals surface area (Å²) < 4.78 is 4.78. The molecule has 0 aliphatic carbocycles. The largest absolute Gasteiger partial charge is 0.309 e. The van der Waals surface area contributed by atoms with E-state index in [0.717, 1.165) is 55.7 Å². The van der Waals surface area contributed by atoms with Gasteiger partial charge in [0.05, 0.1) is 33.3 Å². The summed E-state index contributed by atoms with van der Waals surface area (Å²) in [4.78, 5) is 0. The summed E-state index contributed by atoms with van der Waals surface area (Å²) in [5.74, 6) is 0. The van der Waals surface area contributed by atoms with Gasteiger partial charge in [-0.15, -0.1) is 0 Å². The van der Waals surface area contributed by atoms with Gasteiger partial charge in [-0.25, -0.2) is 0 Å². The van der Waals surface area contributed by atoms with Crippen LogP contribution in [-0.4, -0.2) is 9.13 Å². The second-order valence-corrected chi connectivity index (χ2v) is 19.7. The molecular formula is C63H51N3. The molecule has 66 heavy (non-hydrogen) atoms. The lowest BCUT2D eigenvalue weighted by atomic mass is 9.85. The van der Waals surface area contributed by atoms with E-state index in [4.69, 9.17) is 0 Å². The molecule has 0 bridgehead atoms. The topological polar surface area (TPSA) is 33.6 Å². The van der Waals surface area contributed by atoms with E-state index in [2.05, 4.69) is 257 Å². The number of hydrogen-bond acceptors (Lipinski definition) is 1. The highest BCUT2D eigenvalue weighted by Crippen LogP contribution is 2.43. The molecule has 0 spiro atoms. The van der Waals surface area contributed by atoms with E-state index in [1.165, 1.54) is 54.9 Å². The molecule has 0 radical (unpaired) electrons. The van der Waals surface area contributed by atoms with Crippen molar-refractivity contribution in [3.05, 3.63) is 217 Å². The molecule has 2 heterocycles. The maximum absolute atomic E-state index is 11.2. The highest BCUT2D eigenvalue weighted by atomic mass is 15.0. The van der Waals surface area contributed by atoms with Gasteiger partial charge in [0.25, 0.3) is 0 Å². The molecule has 0 aliphatic rings. The molecule has 0 saturated heterocycles. The molecule has 3 heteroatoms. The van der Waals surface area contributed by atoms with E-state index in [1.54, 1.807) is 0 Å². The molecule has 3 nitrogen and oxygen atoms in total. The second kappa shape index (κ2) is 15.7. The minimum atomic E-state index is 0.000936. The normalized spacial score (nSPS) is 12.1. The smallest absolute Gasteiger partial charge is 0.100 e. The van der Waals surface area contributed by atoms with Gasteiger partial charge in [0, 0.05) is 43.9 Å². The molecule has 0 saturated carbocycles. The maximum Gasteiger partial charge on any atom is 0.100 e. The van der Waals surface area contributed by atoms with Crippen LogP contribution in [0.1, 0.15) is 58.2 Å². The summed E-state index contributed by atoms with van der Waals surface area (Å²) in [5, 5.41) is 16.1. The fraction of sp³-hybridized carbons (Fsp3) is 0.127. The monoisotopic (exact) mass is 849 g/mol. The molecule has 318 valence electrons. The lowest BCUT2D eigenvalue weighted by Crippen LogP contribution is -2.10. The number of benzene rings is 9. The van der Waals surface area contributed by atoms with Crippen LogP contribution in [0.25, 0.3) is 99.5 Å². The quantitative estimate of drug-likeness (QED) is 0.164. The standard InChI is InChI=1S/C63H51N3/c1-62(2,3)46-29-33-60-54(38-46)55-39-47(63(4,5)6)30-34-61(55)66(60)57-26-14-13-23-51(57)50-25-16-24-49(56(50)40-64)45-21-15-22-48(35-45)65-58-31-27-43(41-17-9-7-10-18-41)36-52(58)53-37-44(28-32-59(53)65)42-19-11-8-12-20-42/h7-39H,1-6H3. The van der Waals surface area contributed by atoms with E-state index in [-0.39, 0.29) is 10.8 Å². The first kappa shape index (κ1) is 40.8. The van der Waals surface area contributed by atoms with Gasteiger partial charge in [0.1, 0.15) is 6.07 Å². The van der Waals surface area contributed by atoms with Crippen LogP contribution in [0, 0.1) is 11.3 Å². The number of para-hydroxylation sites is 1. The fourth-order valence-corrected chi connectivity index (χ4v) is 9.98. The molecule has 11 aromatic rings. The fourth-order valence-electron chi connectivity index (χ4n) is 9.98. The van der Waals surface area contributed by atoms with Crippen LogP contribution in [0.5, 0.6) is 0 Å². The third kappa shape index (κ3) is 6.89. The van der Waals surface area contributed by atoms with Gasteiger partial charge in [0.15, 0.2) is 0 Å². The van der Waals surface area contributed by atoms with E-state index in [9.17, 15) is 5.26 Å². The van der Waals surface area contributed by atoms with Crippen LogP contribution in [-0.2, 0) is 10.8 Å². The van der Waals surface area contributed by atoms with Crippen LogP contribution < -0.4 is 0 Å². The number of aromatic nitrogens is 2. The van der Waals surface area contributed by atoms with Crippen molar-refractivity contribution in [2.24, 2.45) is 0 Å². The van der Waals surface area contributed by atoms with Crippen molar-refractivity contribution in [3.63, 3.8) is 0 Å². The highest BCUT2D eigenvalue weighted by molar-refractivity contribution is 6.12. The maximum atomic E-state index is 11.2. The van der Waals surface area contributed by atoms with Gasteiger partial charge in [-0.3, -0.25) is 0 Å². The number of hydrogen-bond donors (Lipinski definition) is 0. The number of nitriles is 1. The van der Waals surface area contributed by atoms with Crippen LogP contribution in [0.3, 0.4) is 0 Å². The molecule has 9 aromatic carbocycles. The average molecular weight is 850 g/mol. The van der Waals surface area contributed by atoms with Gasteiger partial charge in [-0.1, -0.05) is 175 Å². The minimum Gasteiger partial charge on any atom is -0.309 e. The molecule has 0 unspecified atom stereocenters. The molecule has 0 N–H and O–H groups in total. The van der Waals surface area contributed by atoms with Crippen molar-refractivity contribution in [2.45, 2.75) is 52.4 Å². The summed E-state index contributed by atoms with van der Waals surface area (Å²) in [6, 6.07) is 75.0. The van der Waals surface area contributed by atoms with Gasteiger partial charge in [-0.05, 0) is 117 Å². The molecule has 11 rings (SSSR count). The Kier molecular flexibility index (Phi) is 9.68. The van der Waals surface area contributed by atoms with Crippen molar-refractivity contribution in [2.75, 3.05) is 0 Å². The number of rotatable bonds is 6. The predicted molar refractivity (Wildman–Crippen MR) is 279 cm³/mol. The Labute approximate surface area is 387 Å². The second-order valence-electron chi connectivity index (χ2n) is 19.7. The summed E-state index contributed by atoms with van der Waals surface area (Å²) in [6.07, 6.45) is 0. The van der Waals surface area contributed by atoms with Crippen LogP contribution in [0.2, 0.25) is 0 Å². The summed E-state index contributed by atoms with van der Waals surface area (Å²) in [7, 11) is 0. The summed E-state index contributed by atoms with van der Waals surface area (Å²) in [6.45, 7) is 13.7. The Morgan fingerprint density at radius 1 is 0.348 bits per heavy atom. The lowest BCUT2D eigenvalue weighted by Gasteiger charge is -2.19. The Balaban J connectivity index is 1.08. The number of fused-ring (bicyclic) bond motifs is 6. The third-order valence-electron chi connectivity index (χ3n) is 13.5. The summed E-state index contributed by atoms with van der Waals surface area (Å²) in [5.41, 5.74) is 18.4. The summed E-state index contributed by atoms with van der Waals surface area (Å²) >= 11 is 0. The van der Waals surface area contributed by atoms with Crippen molar-refractivity contribution >= 4 is 43.6 Å². The Morgan fingerprint density at radius 3 is 1.33 bits per heavy atom. The van der Waals surface area contributed by atoms with Crippen molar-refractivity contribution in [1.82, 2.24) is 9.13 Å². The van der Waals surface area contributed by atoms with E-state index in [0.29, 0.717) is 5.56 Å². The Morgan fingerprint density at radius 2 is 0.788 bits per heavy atom. The molecule has 0 fully saturated rings. The zero-order valence-electron chi connectivity index (χ0n) is 38.4. The van der Waals surface area contributed by atoms with E-state index < -0.39 is 0 Å². The molecule has 0 atom stereocenters. The number of nitrogens with zero attached hydrogens (tertiary/aromatic N) is 3. The van der Waals surface area contributed by atoms with Gasteiger partial charge < -0.3 is 9.13 Å². The van der Waals surface area contributed by atoms with Crippen molar-refractivity contribution in [3.8, 4) is 62.0 Å². The predicted octanol–water partition coefficient (Wildman–Crippen LogP) is 17.0. The Bertz CT molecular complexity index is 3540. The van der Waals surface area contributed by atoms with Gasteiger partial charge >= 0.3 is 0 Å². The van der Waals surface area contributed by atoms with Crippen LogP contribution in [0.4, 0.5) is 0 Å². The van der Waals surface area contributed by atoms with Gasteiger partial charge in [-0.2, -0.15) is 5.26 Å². The average Bonchev–Trinajstić information content (AvgIpc) is 3.85. The zero-order valence-corrected chi connectivity index (χ0v) is 38.4. The lowest BCUT2D eigenvalue weighted by molar-refractivity contribution is 0.590. The third-order valence-corrected chi connectivity index (χ3v) is 13.5. The van der Waals surface area contributed by atoms with Crippen molar-refractivity contribution in [1.29, 1.82) is 5.26 Å². The van der Waals surface area contributed by atoms with E-state index in [1.807, 2.05) is 0 Å². The zero-order chi connectivity index (χ0) is 45.3. The van der Waals surface area contributed by atoms with Gasteiger partial charge in [0.2, 0.25) is 0 Å². The first-order chi connectivity index (χ1) is 32.0. The molecule has 2 aromatic heterocycles. The SMILES string of the molecule is CC(C)(C)c1ccc2c(c1)c1cc(C(C)(C)C)ccc1n2-c1ccccc1-c1cccc(-c2cccc(-n3c4ccc(-c5ccccc5)cc4c4cc(-c5ccccc5)ccc43)c2)c1C#N. The minimum absolute atomic E-state index is 0.000936.